The Balaban J connectivity index is 2.49. The maximum absolute atomic E-state index is 10.6. The first kappa shape index (κ1) is 20.6. The van der Waals surface area contributed by atoms with Crippen LogP contribution in [0.3, 0.4) is 0 Å². The average Bonchev–Trinajstić information content (AvgIpc) is 2.60. The number of hydrogen-bond donors (Lipinski definition) is 1. The first-order valence-corrected chi connectivity index (χ1v) is 10.4. The highest BCUT2D eigenvalue weighted by Gasteiger charge is 2.32. The zero-order valence-corrected chi connectivity index (χ0v) is 17.9. The van der Waals surface area contributed by atoms with E-state index in [4.69, 9.17) is 4.99 Å². The lowest BCUT2D eigenvalue weighted by Crippen LogP contribution is -2.23. The van der Waals surface area contributed by atoms with Gasteiger partial charge in [-0.3, -0.25) is 4.99 Å². The standard InChI is InChI=1S/C23H32NOP/c1-7-23(8-2,19-15-17(3)13-14-20(19)25)26-21-12-10-9-11-18(21)16-24-22(4,5)6/h9-16,25-26H,7-8H2,1-6H3/b24-16+. The van der Waals surface area contributed by atoms with Gasteiger partial charge in [0, 0.05) is 16.9 Å². The van der Waals surface area contributed by atoms with Gasteiger partial charge in [0.25, 0.3) is 0 Å². The van der Waals surface area contributed by atoms with Gasteiger partial charge in [-0.1, -0.05) is 64.4 Å². The van der Waals surface area contributed by atoms with Gasteiger partial charge in [0.05, 0.1) is 5.54 Å². The summed E-state index contributed by atoms with van der Waals surface area (Å²) in [6, 6.07) is 14.5. The molecule has 0 spiro atoms. The van der Waals surface area contributed by atoms with E-state index < -0.39 is 0 Å². The fraction of sp³-hybridized carbons (Fsp3) is 0.435. The Morgan fingerprint density at radius 3 is 2.31 bits per heavy atom. The van der Waals surface area contributed by atoms with E-state index in [1.54, 1.807) is 0 Å². The zero-order valence-electron chi connectivity index (χ0n) is 16.9. The molecule has 0 fully saturated rings. The van der Waals surface area contributed by atoms with E-state index >= 15 is 0 Å². The van der Waals surface area contributed by atoms with Gasteiger partial charge in [0.15, 0.2) is 0 Å². The Kier molecular flexibility index (Phi) is 6.64. The van der Waals surface area contributed by atoms with E-state index in [0.29, 0.717) is 14.3 Å². The molecule has 3 heteroatoms. The van der Waals surface area contributed by atoms with E-state index in [0.717, 1.165) is 18.4 Å². The Bertz CT molecular complexity index is 770. The van der Waals surface area contributed by atoms with E-state index in [9.17, 15) is 5.11 Å². The fourth-order valence-corrected chi connectivity index (χ4v) is 4.83. The average molecular weight is 369 g/mol. The van der Waals surface area contributed by atoms with Gasteiger partial charge in [-0.25, -0.2) is 0 Å². The van der Waals surface area contributed by atoms with Crippen molar-refractivity contribution in [1.82, 2.24) is 0 Å². The lowest BCUT2D eigenvalue weighted by Gasteiger charge is -2.34. The van der Waals surface area contributed by atoms with Crippen molar-refractivity contribution in [2.24, 2.45) is 4.99 Å². The van der Waals surface area contributed by atoms with Crippen LogP contribution in [0.15, 0.2) is 47.5 Å². The van der Waals surface area contributed by atoms with Crippen LogP contribution >= 0.6 is 8.58 Å². The second kappa shape index (κ2) is 8.35. The van der Waals surface area contributed by atoms with Crippen LogP contribution in [0.2, 0.25) is 0 Å². The minimum absolute atomic E-state index is 0.0538. The van der Waals surface area contributed by atoms with Gasteiger partial charge in [0.1, 0.15) is 5.75 Å². The van der Waals surface area contributed by atoms with Gasteiger partial charge >= 0.3 is 0 Å². The lowest BCUT2D eigenvalue weighted by molar-refractivity contribution is 0.448. The number of nitrogens with zero attached hydrogens (tertiary/aromatic N) is 1. The molecule has 0 bridgehead atoms. The molecule has 0 aliphatic heterocycles. The molecular weight excluding hydrogens is 337 g/mol. The molecule has 0 saturated heterocycles. The number of phenolic OH excluding ortho intramolecular Hbond substituents is 1. The Labute approximate surface area is 160 Å². The van der Waals surface area contributed by atoms with Crippen molar-refractivity contribution in [1.29, 1.82) is 0 Å². The summed E-state index contributed by atoms with van der Waals surface area (Å²) in [5.74, 6) is 0.410. The number of aliphatic imine (C=N–C) groups is 1. The number of rotatable bonds is 6. The molecule has 1 atom stereocenters. The molecule has 0 aliphatic rings. The number of phenols is 1. The molecule has 0 aliphatic carbocycles. The summed E-state index contributed by atoms with van der Waals surface area (Å²) in [5.41, 5.74) is 3.36. The smallest absolute Gasteiger partial charge is 0.119 e. The summed E-state index contributed by atoms with van der Waals surface area (Å²) in [5, 5.41) is 11.8. The van der Waals surface area contributed by atoms with Crippen LogP contribution in [0.25, 0.3) is 0 Å². The molecule has 2 rings (SSSR count). The molecule has 1 N–H and O–H groups in total. The molecule has 140 valence electrons. The minimum Gasteiger partial charge on any atom is -0.508 e. The van der Waals surface area contributed by atoms with Crippen LogP contribution in [0.5, 0.6) is 5.75 Å². The molecule has 0 saturated carbocycles. The molecule has 0 heterocycles. The first-order chi connectivity index (χ1) is 12.2. The van der Waals surface area contributed by atoms with Gasteiger partial charge < -0.3 is 5.11 Å². The minimum atomic E-state index is -0.0857. The summed E-state index contributed by atoms with van der Waals surface area (Å²) >= 11 is 0. The van der Waals surface area contributed by atoms with Crippen molar-refractivity contribution in [2.75, 3.05) is 0 Å². The van der Waals surface area contributed by atoms with Crippen molar-refractivity contribution in [3.8, 4) is 5.75 Å². The van der Waals surface area contributed by atoms with Crippen LogP contribution < -0.4 is 5.30 Å². The number of aromatic hydroxyl groups is 1. The second-order valence-corrected chi connectivity index (χ2v) is 9.70. The Hall–Kier alpha value is -1.66. The molecule has 2 nitrogen and oxygen atoms in total. The molecule has 0 amide bonds. The Morgan fingerprint density at radius 2 is 1.69 bits per heavy atom. The van der Waals surface area contributed by atoms with Crippen molar-refractivity contribution < 1.29 is 5.11 Å². The first-order valence-electron chi connectivity index (χ1n) is 9.43. The third-order valence-electron chi connectivity index (χ3n) is 4.80. The monoisotopic (exact) mass is 369 g/mol. The summed E-state index contributed by atoms with van der Waals surface area (Å²) in [7, 11) is 0.577. The van der Waals surface area contributed by atoms with Crippen LogP contribution in [-0.2, 0) is 5.16 Å². The summed E-state index contributed by atoms with van der Waals surface area (Å²) in [6.07, 6.45) is 3.99. The van der Waals surface area contributed by atoms with E-state index in [1.807, 2.05) is 18.3 Å². The fourth-order valence-electron chi connectivity index (χ4n) is 3.15. The summed E-state index contributed by atoms with van der Waals surface area (Å²) < 4.78 is 0. The SMILES string of the molecule is CCC(CC)(Pc1ccccc1/C=N/C(C)(C)C)c1cc(C)ccc1O. The lowest BCUT2D eigenvalue weighted by atomic mass is 9.91. The van der Waals surface area contributed by atoms with Gasteiger partial charge in [0.2, 0.25) is 0 Å². The summed E-state index contributed by atoms with van der Waals surface area (Å²) in [4.78, 5) is 4.70. The van der Waals surface area contributed by atoms with Crippen molar-refractivity contribution in [3.05, 3.63) is 59.2 Å². The highest BCUT2D eigenvalue weighted by Crippen LogP contribution is 2.50. The number of hydrogen-bond acceptors (Lipinski definition) is 2. The number of aryl methyl sites for hydroxylation is 1. The predicted molar refractivity (Wildman–Crippen MR) is 117 cm³/mol. The van der Waals surface area contributed by atoms with Crippen LogP contribution in [0.4, 0.5) is 0 Å². The zero-order chi connectivity index (χ0) is 19.4. The predicted octanol–water partition coefficient (Wildman–Crippen LogP) is 5.94. The maximum Gasteiger partial charge on any atom is 0.119 e. The topological polar surface area (TPSA) is 32.6 Å². The molecule has 0 aromatic heterocycles. The van der Waals surface area contributed by atoms with Gasteiger partial charge in [-0.2, -0.15) is 0 Å². The van der Waals surface area contributed by atoms with Crippen molar-refractivity contribution in [3.63, 3.8) is 0 Å². The second-order valence-electron chi connectivity index (χ2n) is 7.95. The van der Waals surface area contributed by atoms with Crippen molar-refractivity contribution >= 4 is 20.1 Å². The highest BCUT2D eigenvalue weighted by molar-refractivity contribution is 7.48. The largest absolute Gasteiger partial charge is 0.508 e. The molecule has 26 heavy (non-hydrogen) atoms. The summed E-state index contributed by atoms with van der Waals surface area (Å²) in [6.45, 7) is 12.9. The molecular formula is C23H32NOP. The van der Waals surface area contributed by atoms with E-state index in [1.165, 1.54) is 16.4 Å². The molecule has 0 radical (unpaired) electrons. The number of benzene rings is 2. The molecule has 2 aromatic carbocycles. The molecule has 2 aromatic rings. The van der Waals surface area contributed by atoms with Crippen molar-refractivity contribution in [2.45, 2.75) is 65.1 Å². The molecule has 1 unspecified atom stereocenters. The third-order valence-corrected chi connectivity index (χ3v) is 6.98. The van der Waals surface area contributed by atoms with E-state index in [2.05, 4.69) is 71.9 Å². The Morgan fingerprint density at radius 1 is 1.04 bits per heavy atom. The van der Waals surface area contributed by atoms with Crippen LogP contribution in [0.1, 0.15) is 64.2 Å². The van der Waals surface area contributed by atoms with E-state index in [-0.39, 0.29) is 10.7 Å². The quantitative estimate of drug-likeness (QED) is 0.496. The van der Waals surface area contributed by atoms with Crippen LogP contribution in [-0.4, -0.2) is 16.9 Å². The van der Waals surface area contributed by atoms with Crippen LogP contribution in [0, 0.1) is 6.92 Å². The third kappa shape index (κ3) is 4.95. The highest BCUT2D eigenvalue weighted by atomic mass is 31.1. The van der Waals surface area contributed by atoms with Gasteiger partial charge in [-0.15, -0.1) is 0 Å². The normalized spacial score (nSPS) is 13.2. The maximum atomic E-state index is 10.6. The van der Waals surface area contributed by atoms with Gasteiger partial charge in [-0.05, 0) is 57.5 Å².